The number of nitrogens with zero attached hydrogens (tertiary/aromatic N) is 3. The quantitative estimate of drug-likeness (QED) is 0.467. The highest BCUT2D eigenvalue weighted by molar-refractivity contribution is 6.37. The minimum atomic E-state index is -0.344. The highest BCUT2D eigenvalue weighted by Crippen LogP contribution is 2.36. The number of carbonyl (C=O) groups excluding carboxylic acids is 1. The Balaban J connectivity index is 1.57. The summed E-state index contributed by atoms with van der Waals surface area (Å²) in [5.41, 5.74) is 4.61. The Labute approximate surface area is 211 Å². The van der Waals surface area contributed by atoms with E-state index in [2.05, 4.69) is 15.4 Å². The van der Waals surface area contributed by atoms with E-state index in [1.165, 1.54) is 12.1 Å². The second-order valence-electron chi connectivity index (χ2n) is 8.16. The summed E-state index contributed by atoms with van der Waals surface area (Å²) in [5.74, 6) is -0.659. The van der Waals surface area contributed by atoms with Crippen LogP contribution in [0.25, 0.3) is 17.3 Å². The van der Waals surface area contributed by atoms with Gasteiger partial charge < -0.3 is 10.1 Å². The molecule has 2 aromatic heterocycles. The van der Waals surface area contributed by atoms with Gasteiger partial charge in [-0.1, -0.05) is 35.9 Å². The normalized spacial score (nSPS) is 18.6. The first-order valence-electron chi connectivity index (χ1n) is 11.1. The van der Waals surface area contributed by atoms with E-state index in [0.717, 1.165) is 22.5 Å². The topological polar surface area (TPSA) is 69.0 Å². The second-order valence-corrected chi connectivity index (χ2v) is 9.13. The maximum Gasteiger partial charge on any atom is 0.272 e. The van der Waals surface area contributed by atoms with Crippen LogP contribution in [-0.2, 0) is 17.9 Å². The molecule has 1 unspecified atom stereocenters. The lowest BCUT2D eigenvalue weighted by atomic mass is 10.0. The first-order chi connectivity index (χ1) is 17.0. The first kappa shape index (κ1) is 23.5. The number of hydrogen-bond donors (Lipinski definition) is 1. The molecule has 3 heterocycles. The average molecular weight is 511 g/mol. The van der Waals surface area contributed by atoms with Gasteiger partial charge in [-0.05, 0) is 48.4 Å². The van der Waals surface area contributed by atoms with Gasteiger partial charge in [-0.2, -0.15) is 5.10 Å². The molecule has 0 radical (unpaired) electrons. The first-order valence-corrected chi connectivity index (χ1v) is 11.9. The zero-order valence-corrected chi connectivity index (χ0v) is 20.1. The fourth-order valence-electron chi connectivity index (χ4n) is 4.05. The van der Waals surface area contributed by atoms with Gasteiger partial charge in [-0.25, -0.2) is 9.07 Å². The van der Waals surface area contributed by atoms with E-state index in [4.69, 9.17) is 27.9 Å². The summed E-state index contributed by atoms with van der Waals surface area (Å²) in [6, 6.07) is 11.7. The summed E-state index contributed by atoms with van der Waals surface area (Å²) in [5, 5.41) is 7.81. The number of pyridine rings is 1. The monoisotopic (exact) mass is 510 g/mol. The van der Waals surface area contributed by atoms with Gasteiger partial charge >= 0.3 is 0 Å². The van der Waals surface area contributed by atoms with Crippen LogP contribution in [0.4, 0.5) is 4.39 Å². The summed E-state index contributed by atoms with van der Waals surface area (Å²) >= 11 is 12.8. The van der Waals surface area contributed by atoms with E-state index in [1.807, 2.05) is 30.4 Å². The maximum absolute atomic E-state index is 13.4. The zero-order valence-electron chi connectivity index (χ0n) is 18.5. The van der Waals surface area contributed by atoms with E-state index >= 15 is 0 Å². The lowest BCUT2D eigenvalue weighted by Crippen LogP contribution is -2.25. The van der Waals surface area contributed by atoms with Crippen LogP contribution in [0.15, 0.2) is 65.8 Å². The van der Waals surface area contributed by atoms with Crippen molar-refractivity contribution < 1.29 is 13.9 Å². The predicted octanol–water partition coefficient (Wildman–Crippen LogP) is 5.39. The smallest absolute Gasteiger partial charge is 0.272 e. The van der Waals surface area contributed by atoms with Crippen LogP contribution in [0.3, 0.4) is 0 Å². The molecule has 0 fully saturated rings. The van der Waals surface area contributed by atoms with E-state index in [9.17, 15) is 9.18 Å². The molecule has 1 amide bonds. The Morgan fingerprint density at radius 2 is 2.06 bits per heavy atom. The fraction of sp³-hybridized carbons (Fsp3) is 0.192. The van der Waals surface area contributed by atoms with Crippen LogP contribution in [0, 0.1) is 5.82 Å². The number of halogens is 3. The van der Waals surface area contributed by atoms with E-state index < -0.39 is 0 Å². The summed E-state index contributed by atoms with van der Waals surface area (Å²) in [4.78, 5) is 17.4. The van der Waals surface area contributed by atoms with Gasteiger partial charge in [0.15, 0.2) is 5.69 Å². The number of alkyl halides is 1. The number of ether oxygens (including phenoxy) is 1. The Kier molecular flexibility index (Phi) is 6.81. The van der Waals surface area contributed by atoms with Crippen molar-refractivity contribution in [3.05, 3.63) is 99.9 Å². The molecule has 0 spiro atoms. The molecule has 3 aromatic rings. The molecule has 0 saturated carbocycles. The molecule has 1 aliphatic carbocycles. The lowest BCUT2D eigenvalue weighted by Gasteiger charge is -2.21. The molecule has 5 rings (SSSR count). The third-order valence-corrected chi connectivity index (χ3v) is 6.33. The summed E-state index contributed by atoms with van der Waals surface area (Å²) in [6.07, 6.45) is 7.82. The molecule has 2 aliphatic rings. The van der Waals surface area contributed by atoms with Crippen LogP contribution < -0.4 is 5.32 Å². The number of carbonyl (C=O) groups is 1. The number of fused-ring (bicyclic) bond motifs is 1. The molecule has 6 nitrogen and oxygen atoms in total. The highest BCUT2D eigenvalue weighted by atomic mass is 35.5. The Morgan fingerprint density at radius 1 is 1.23 bits per heavy atom. The molecule has 1 N–H and O–H groups in total. The second kappa shape index (κ2) is 10.2. The Morgan fingerprint density at radius 3 is 2.80 bits per heavy atom. The largest absolute Gasteiger partial charge is 0.372 e. The van der Waals surface area contributed by atoms with Crippen molar-refractivity contribution in [3.63, 3.8) is 0 Å². The molecule has 1 aromatic carbocycles. The lowest BCUT2D eigenvalue weighted by molar-refractivity contribution is 0.0937. The predicted molar refractivity (Wildman–Crippen MR) is 134 cm³/mol. The van der Waals surface area contributed by atoms with Crippen LogP contribution in [0.5, 0.6) is 0 Å². The third-order valence-electron chi connectivity index (χ3n) is 5.71. The molecule has 9 heteroatoms. The van der Waals surface area contributed by atoms with Crippen molar-refractivity contribution in [2.45, 2.75) is 24.9 Å². The molecule has 35 heavy (non-hydrogen) atoms. The van der Waals surface area contributed by atoms with Gasteiger partial charge in [0, 0.05) is 17.3 Å². The Bertz CT molecular complexity index is 1350. The van der Waals surface area contributed by atoms with Crippen molar-refractivity contribution in [1.82, 2.24) is 20.1 Å². The van der Waals surface area contributed by atoms with Gasteiger partial charge in [0.2, 0.25) is 0 Å². The van der Waals surface area contributed by atoms with Gasteiger partial charge in [-0.15, -0.1) is 11.6 Å². The molecular weight excluding hydrogens is 490 g/mol. The van der Waals surface area contributed by atoms with Crippen molar-refractivity contribution in [1.29, 1.82) is 0 Å². The third kappa shape index (κ3) is 5.07. The number of hydrogen-bond acceptors (Lipinski definition) is 4. The van der Waals surface area contributed by atoms with Crippen LogP contribution in [0.1, 0.15) is 39.4 Å². The minimum absolute atomic E-state index is 0.212. The maximum atomic E-state index is 13.4. The summed E-state index contributed by atoms with van der Waals surface area (Å²) < 4.78 is 20.9. The van der Waals surface area contributed by atoms with Crippen molar-refractivity contribution in [2.75, 3.05) is 6.61 Å². The van der Waals surface area contributed by atoms with Crippen LogP contribution >= 0.6 is 23.2 Å². The SMILES string of the molecule is O=C(NCc1ccccn1)c1nn(C2=CCC(Cl)C=C2Cl)c2c1COC/C2=C\c1ccc(F)cc1. The number of allylic oxidation sites excluding steroid dienone is 4. The average Bonchev–Trinajstić information content (AvgIpc) is 3.25. The fourth-order valence-corrected chi connectivity index (χ4v) is 4.64. The van der Waals surface area contributed by atoms with Crippen molar-refractivity contribution in [2.24, 2.45) is 0 Å². The minimum Gasteiger partial charge on any atom is -0.372 e. The molecule has 178 valence electrons. The van der Waals surface area contributed by atoms with Crippen molar-refractivity contribution >= 4 is 46.5 Å². The molecule has 0 saturated heterocycles. The Hall–Kier alpha value is -3.26. The van der Waals surface area contributed by atoms with Gasteiger partial charge in [0.25, 0.3) is 5.91 Å². The number of amides is 1. The molecule has 1 aliphatic heterocycles. The van der Waals surface area contributed by atoms with E-state index in [0.29, 0.717) is 29.3 Å². The molecular formula is C26H21Cl2FN4O2. The number of aromatic nitrogens is 3. The van der Waals surface area contributed by atoms with Crippen LogP contribution in [-0.4, -0.2) is 32.7 Å². The molecule has 1 atom stereocenters. The van der Waals surface area contributed by atoms with E-state index in [-0.39, 0.29) is 35.9 Å². The van der Waals surface area contributed by atoms with Crippen LogP contribution in [0.2, 0.25) is 0 Å². The van der Waals surface area contributed by atoms with Gasteiger partial charge in [0.1, 0.15) is 5.82 Å². The highest BCUT2D eigenvalue weighted by Gasteiger charge is 2.31. The van der Waals surface area contributed by atoms with Gasteiger partial charge in [-0.3, -0.25) is 9.78 Å². The summed E-state index contributed by atoms with van der Waals surface area (Å²) in [6.45, 7) is 0.782. The number of nitrogens with one attached hydrogen (secondary N) is 1. The van der Waals surface area contributed by atoms with E-state index in [1.54, 1.807) is 29.1 Å². The molecule has 0 bridgehead atoms. The zero-order chi connectivity index (χ0) is 24.4. The summed E-state index contributed by atoms with van der Waals surface area (Å²) in [7, 11) is 0. The number of benzene rings is 1. The van der Waals surface area contributed by atoms with Gasteiger partial charge in [0.05, 0.1) is 47.3 Å². The number of rotatable bonds is 5. The standard InChI is InChI=1S/C26H21Cl2FN4O2/c27-18-6-9-23(22(28)12-18)33-25-17(11-16-4-7-19(29)8-5-16)14-35-15-21(25)24(32-33)26(34)31-13-20-3-1-2-10-30-20/h1-5,7-12,18H,6,13-15H2,(H,31,34)/b17-11+. The van der Waals surface area contributed by atoms with Crippen molar-refractivity contribution in [3.8, 4) is 0 Å².